The van der Waals surface area contributed by atoms with Crippen LogP contribution in [0.1, 0.15) is 24.0 Å². The first kappa shape index (κ1) is 21.2. The molecule has 4 rings (SSSR count). The van der Waals surface area contributed by atoms with E-state index in [9.17, 15) is 10.1 Å². The van der Waals surface area contributed by atoms with Gasteiger partial charge in [0.05, 0.1) is 18.8 Å². The van der Waals surface area contributed by atoms with Gasteiger partial charge in [-0.2, -0.15) is 5.26 Å². The minimum absolute atomic E-state index is 0.0599. The molecule has 32 heavy (non-hydrogen) atoms. The highest BCUT2D eigenvalue weighted by atomic mass is 16.5. The van der Waals surface area contributed by atoms with Gasteiger partial charge >= 0.3 is 0 Å². The van der Waals surface area contributed by atoms with Crippen molar-refractivity contribution in [3.63, 3.8) is 0 Å². The Balaban J connectivity index is 1.47. The van der Waals surface area contributed by atoms with Gasteiger partial charge in [0.25, 0.3) is 0 Å². The Morgan fingerprint density at radius 1 is 1.09 bits per heavy atom. The molecule has 2 aromatic heterocycles. The van der Waals surface area contributed by atoms with Crippen molar-refractivity contribution in [2.75, 3.05) is 18.5 Å². The Labute approximate surface area is 186 Å². The van der Waals surface area contributed by atoms with Crippen LogP contribution >= 0.6 is 0 Å². The van der Waals surface area contributed by atoms with Gasteiger partial charge in [0.15, 0.2) is 0 Å². The summed E-state index contributed by atoms with van der Waals surface area (Å²) < 4.78 is 11.4. The maximum Gasteiger partial charge on any atom is 0.249 e. The number of carbonyl (C=O) groups excluding carboxylic acids is 1. The molecule has 1 amide bonds. The monoisotopic (exact) mass is 426 g/mol. The number of nitrogens with zero attached hydrogens (tertiary/aromatic N) is 3. The van der Waals surface area contributed by atoms with Gasteiger partial charge in [-0.3, -0.25) is 9.78 Å². The molecule has 1 N–H and O–H groups in total. The third-order valence-electron chi connectivity index (χ3n) is 5.04. The maximum absolute atomic E-state index is 12.2. The van der Waals surface area contributed by atoms with E-state index < -0.39 is 0 Å². The Bertz CT molecular complexity index is 1150. The zero-order valence-corrected chi connectivity index (χ0v) is 17.4. The highest BCUT2D eigenvalue weighted by molar-refractivity contribution is 6.01. The number of rotatable bonds is 6. The van der Waals surface area contributed by atoms with Gasteiger partial charge in [-0.1, -0.05) is 6.07 Å². The predicted octanol–water partition coefficient (Wildman–Crippen LogP) is 4.22. The van der Waals surface area contributed by atoms with E-state index in [2.05, 4.69) is 21.4 Å². The summed E-state index contributed by atoms with van der Waals surface area (Å²) in [6.45, 7) is 1.35. The summed E-state index contributed by atoms with van der Waals surface area (Å²) in [5, 5.41) is 12.4. The lowest BCUT2D eigenvalue weighted by molar-refractivity contribution is -0.111. The van der Waals surface area contributed by atoms with Crippen molar-refractivity contribution in [1.82, 2.24) is 9.97 Å². The Morgan fingerprint density at radius 3 is 2.66 bits per heavy atom. The van der Waals surface area contributed by atoms with Gasteiger partial charge in [-0.25, -0.2) is 4.98 Å². The molecular formula is C25H22N4O3. The molecular weight excluding hydrogens is 404 g/mol. The van der Waals surface area contributed by atoms with E-state index in [1.54, 1.807) is 36.8 Å². The van der Waals surface area contributed by atoms with Gasteiger partial charge in [0.2, 0.25) is 5.91 Å². The van der Waals surface area contributed by atoms with Gasteiger partial charge in [-0.05, 0) is 59.2 Å². The van der Waals surface area contributed by atoms with E-state index in [-0.39, 0.29) is 12.0 Å². The fourth-order valence-corrected chi connectivity index (χ4v) is 3.37. The number of hydrogen-bond acceptors (Lipinski definition) is 6. The minimum Gasteiger partial charge on any atom is -0.489 e. The second-order valence-corrected chi connectivity index (χ2v) is 7.29. The first-order valence-corrected chi connectivity index (χ1v) is 10.4. The molecule has 1 fully saturated rings. The lowest BCUT2D eigenvalue weighted by Gasteiger charge is -2.23. The molecule has 3 aromatic rings. The standard InChI is InChI=1S/C25H22N4O3/c26-17-21-15-19(2-3-23(21)32-22-8-13-31-14-9-22)20-7-12-28-24(16-20)29-25(30)4-1-18-5-10-27-11-6-18/h1-7,10-12,15-16,22H,8-9,13-14H2,(H,28,29,30)/b4-1+. The molecule has 1 saturated heterocycles. The van der Waals surface area contributed by atoms with Crippen LogP contribution in [0.3, 0.4) is 0 Å². The third-order valence-corrected chi connectivity index (χ3v) is 5.04. The van der Waals surface area contributed by atoms with Gasteiger partial charge < -0.3 is 14.8 Å². The topological polar surface area (TPSA) is 97.1 Å². The summed E-state index contributed by atoms with van der Waals surface area (Å²) in [5.74, 6) is 0.712. The molecule has 1 aliphatic rings. The molecule has 0 saturated carbocycles. The molecule has 0 atom stereocenters. The molecule has 7 heteroatoms. The van der Waals surface area contributed by atoms with E-state index >= 15 is 0 Å². The normalized spacial score (nSPS) is 14.1. The van der Waals surface area contributed by atoms with Gasteiger partial charge in [0.1, 0.15) is 23.7 Å². The number of nitriles is 1. The van der Waals surface area contributed by atoms with Crippen LogP contribution in [-0.4, -0.2) is 35.2 Å². The van der Waals surface area contributed by atoms with Crippen molar-refractivity contribution >= 4 is 17.8 Å². The van der Waals surface area contributed by atoms with Crippen LogP contribution < -0.4 is 10.1 Å². The summed E-state index contributed by atoms with van der Waals surface area (Å²) >= 11 is 0. The number of amides is 1. The summed E-state index contributed by atoms with van der Waals surface area (Å²) in [4.78, 5) is 20.4. The summed E-state index contributed by atoms with van der Waals surface area (Å²) in [7, 11) is 0. The van der Waals surface area contributed by atoms with Crippen molar-refractivity contribution in [1.29, 1.82) is 5.26 Å². The van der Waals surface area contributed by atoms with Crippen LogP contribution in [0.25, 0.3) is 17.2 Å². The third kappa shape index (κ3) is 5.56. The summed E-state index contributed by atoms with van der Waals surface area (Å²) in [5.41, 5.74) is 3.02. The number of aromatic nitrogens is 2. The smallest absolute Gasteiger partial charge is 0.249 e. The first-order valence-electron chi connectivity index (χ1n) is 10.4. The predicted molar refractivity (Wildman–Crippen MR) is 121 cm³/mol. The summed E-state index contributed by atoms with van der Waals surface area (Å²) in [6.07, 6.45) is 9.79. The minimum atomic E-state index is -0.288. The highest BCUT2D eigenvalue weighted by Gasteiger charge is 2.17. The van der Waals surface area contributed by atoms with Crippen LogP contribution in [0.4, 0.5) is 5.82 Å². The largest absolute Gasteiger partial charge is 0.489 e. The molecule has 7 nitrogen and oxygen atoms in total. The van der Waals surface area contributed by atoms with E-state index in [1.807, 2.05) is 30.3 Å². The van der Waals surface area contributed by atoms with E-state index in [4.69, 9.17) is 9.47 Å². The number of hydrogen-bond donors (Lipinski definition) is 1. The first-order chi connectivity index (χ1) is 15.7. The molecule has 3 heterocycles. The van der Waals surface area contributed by atoms with Crippen molar-refractivity contribution in [2.24, 2.45) is 0 Å². The van der Waals surface area contributed by atoms with E-state index in [0.717, 1.165) is 29.5 Å². The number of anilines is 1. The quantitative estimate of drug-likeness (QED) is 0.593. The molecule has 1 aliphatic heterocycles. The average molecular weight is 426 g/mol. The van der Waals surface area contributed by atoms with Crippen molar-refractivity contribution in [3.8, 4) is 22.9 Å². The number of carbonyl (C=O) groups is 1. The zero-order valence-electron chi connectivity index (χ0n) is 17.4. The Kier molecular flexibility index (Phi) is 6.85. The van der Waals surface area contributed by atoms with Crippen LogP contribution in [0.15, 0.2) is 67.1 Å². The molecule has 0 bridgehead atoms. The van der Waals surface area contributed by atoms with Crippen molar-refractivity contribution < 1.29 is 14.3 Å². The zero-order chi connectivity index (χ0) is 22.2. The second kappa shape index (κ2) is 10.3. The molecule has 1 aromatic carbocycles. The average Bonchev–Trinajstić information content (AvgIpc) is 2.84. The maximum atomic E-state index is 12.2. The molecule has 0 aliphatic carbocycles. The lowest BCUT2D eigenvalue weighted by Crippen LogP contribution is -2.26. The Hall–Kier alpha value is -4.02. The fraction of sp³-hybridized carbons (Fsp3) is 0.200. The SMILES string of the molecule is N#Cc1cc(-c2ccnc(NC(=O)/C=C/c3ccncc3)c2)ccc1OC1CCOCC1. The molecule has 0 spiro atoms. The number of benzene rings is 1. The highest BCUT2D eigenvalue weighted by Crippen LogP contribution is 2.29. The van der Waals surface area contributed by atoms with Crippen LogP contribution in [-0.2, 0) is 9.53 Å². The number of pyridine rings is 2. The molecule has 0 radical (unpaired) electrons. The van der Waals surface area contributed by atoms with Crippen LogP contribution in [0.2, 0.25) is 0 Å². The molecule has 160 valence electrons. The number of ether oxygens (including phenoxy) is 2. The van der Waals surface area contributed by atoms with Gasteiger partial charge in [-0.15, -0.1) is 0 Å². The lowest BCUT2D eigenvalue weighted by atomic mass is 10.0. The van der Waals surface area contributed by atoms with Crippen molar-refractivity contribution in [3.05, 3.63) is 78.3 Å². The van der Waals surface area contributed by atoms with Crippen LogP contribution in [0.5, 0.6) is 5.75 Å². The van der Waals surface area contributed by atoms with Crippen molar-refractivity contribution in [2.45, 2.75) is 18.9 Å². The van der Waals surface area contributed by atoms with Crippen LogP contribution in [0, 0.1) is 11.3 Å². The fourth-order valence-electron chi connectivity index (χ4n) is 3.37. The van der Waals surface area contributed by atoms with E-state index in [0.29, 0.717) is 30.3 Å². The number of nitrogens with one attached hydrogen (secondary N) is 1. The van der Waals surface area contributed by atoms with Gasteiger partial charge in [0, 0.05) is 37.5 Å². The Morgan fingerprint density at radius 2 is 1.88 bits per heavy atom. The van der Waals surface area contributed by atoms with E-state index in [1.165, 1.54) is 6.08 Å². The summed E-state index contributed by atoms with van der Waals surface area (Å²) in [6, 6.07) is 15.0. The molecule has 0 unspecified atom stereocenters. The second-order valence-electron chi connectivity index (χ2n) is 7.29.